The number of rotatable bonds is 4. The summed E-state index contributed by atoms with van der Waals surface area (Å²) in [5, 5.41) is 5.89. The van der Waals surface area contributed by atoms with Crippen LogP contribution in [-0.2, 0) is 27.2 Å². The number of aryl methyl sites for hydroxylation is 1. The van der Waals surface area contributed by atoms with E-state index < -0.39 is 5.91 Å². The van der Waals surface area contributed by atoms with Gasteiger partial charge in [-0.25, -0.2) is 0 Å². The fraction of sp³-hybridized carbons (Fsp3) is 0.529. The van der Waals surface area contributed by atoms with Crippen molar-refractivity contribution in [2.75, 3.05) is 18.9 Å². The van der Waals surface area contributed by atoms with Crippen LogP contribution in [0.5, 0.6) is 0 Å². The molecule has 0 atom stereocenters. The largest absolute Gasteiger partial charge is 0.355 e. The van der Waals surface area contributed by atoms with Gasteiger partial charge in [0.05, 0.1) is 5.56 Å². The highest BCUT2D eigenvalue weighted by molar-refractivity contribution is 7.17. The number of likely N-dealkylation sites (tertiary alicyclic amines) is 1. The van der Waals surface area contributed by atoms with E-state index in [0.29, 0.717) is 10.6 Å². The zero-order valence-corrected chi connectivity index (χ0v) is 15.0. The predicted molar refractivity (Wildman–Crippen MR) is 93.6 cm³/mol. The first-order valence-electron chi connectivity index (χ1n) is 8.51. The van der Waals surface area contributed by atoms with E-state index in [4.69, 9.17) is 0 Å². The Morgan fingerprint density at radius 1 is 1.04 bits per heavy atom. The minimum absolute atomic E-state index is 0.156. The zero-order chi connectivity index (χ0) is 18.0. The summed E-state index contributed by atoms with van der Waals surface area (Å²) in [6.45, 7) is -0.298. The van der Waals surface area contributed by atoms with Crippen LogP contribution in [0.1, 0.15) is 52.9 Å². The molecule has 8 heteroatoms. The van der Waals surface area contributed by atoms with E-state index >= 15 is 0 Å². The van der Waals surface area contributed by atoms with Gasteiger partial charge in [0.25, 0.3) is 5.91 Å². The van der Waals surface area contributed by atoms with Crippen LogP contribution < -0.4 is 10.6 Å². The number of hydrogen-bond donors (Lipinski definition) is 2. The number of imide groups is 1. The van der Waals surface area contributed by atoms with Crippen molar-refractivity contribution in [3.05, 3.63) is 16.0 Å². The van der Waals surface area contributed by atoms with Crippen LogP contribution >= 0.6 is 11.3 Å². The molecule has 3 rings (SSSR count). The van der Waals surface area contributed by atoms with Crippen molar-refractivity contribution in [3.63, 3.8) is 0 Å². The van der Waals surface area contributed by atoms with Gasteiger partial charge in [-0.3, -0.25) is 24.1 Å². The van der Waals surface area contributed by atoms with Crippen LogP contribution in [0.15, 0.2) is 0 Å². The van der Waals surface area contributed by atoms with Crippen molar-refractivity contribution in [1.29, 1.82) is 0 Å². The van der Waals surface area contributed by atoms with Gasteiger partial charge in [0, 0.05) is 24.8 Å². The minimum Gasteiger partial charge on any atom is -0.355 e. The van der Waals surface area contributed by atoms with Gasteiger partial charge in [-0.05, 0) is 31.2 Å². The van der Waals surface area contributed by atoms with Crippen molar-refractivity contribution in [3.8, 4) is 0 Å². The Balaban J connectivity index is 1.81. The van der Waals surface area contributed by atoms with Crippen molar-refractivity contribution in [1.82, 2.24) is 10.2 Å². The summed E-state index contributed by atoms with van der Waals surface area (Å²) >= 11 is 1.43. The first-order valence-corrected chi connectivity index (χ1v) is 9.32. The van der Waals surface area contributed by atoms with Gasteiger partial charge in [0.2, 0.25) is 17.7 Å². The quantitative estimate of drug-likeness (QED) is 0.625. The van der Waals surface area contributed by atoms with Crippen LogP contribution in [0.2, 0.25) is 0 Å². The molecule has 134 valence electrons. The molecule has 4 amide bonds. The molecule has 1 aromatic heterocycles. The van der Waals surface area contributed by atoms with E-state index in [0.717, 1.165) is 47.4 Å². The van der Waals surface area contributed by atoms with E-state index in [1.54, 1.807) is 7.05 Å². The number of anilines is 1. The maximum atomic E-state index is 12.3. The molecule has 25 heavy (non-hydrogen) atoms. The molecule has 0 unspecified atom stereocenters. The number of carbonyl (C=O) groups excluding carboxylic acids is 4. The first kappa shape index (κ1) is 17.6. The summed E-state index contributed by atoms with van der Waals surface area (Å²) in [5.41, 5.74) is 1.54. The number of hydrogen-bond acceptors (Lipinski definition) is 5. The van der Waals surface area contributed by atoms with Gasteiger partial charge < -0.3 is 10.6 Å². The second-order valence-corrected chi connectivity index (χ2v) is 7.37. The van der Waals surface area contributed by atoms with Crippen molar-refractivity contribution < 1.29 is 19.2 Å². The summed E-state index contributed by atoms with van der Waals surface area (Å²) < 4.78 is 0. The Morgan fingerprint density at radius 3 is 2.40 bits per heavy atom. The Bertz CT molecular complexity index is 724. The molecule has 2 N–H and O–H groups in total. The second-order valence-electron chi connectivity index (χ2n) is 6.27. The number of fused-ring (bicyclic) bond motifs is 1. The van der Waals surface area contributed by atoms with Gasteiger partial charge in [-0.15, -0.1) is 11.3 Å². The number of amides is 4. The number of nitrogens with one attached hydrogen (secondary N) is 2. The third kappa shape index (κ3) is 3.58. The monoisotopic (exact) mass is 363 g/mol. The zero-order valence-electron chi connectivity index (χ0n) is 14.1. The highest BCUT2D eigenvalue weighted by Crippen LogP contribution is 2.37. The fourth-order valence-electron chi connectivity index (χ4n) is 3.30. The molecule has 7 nitrogen and oxygen atoms in total. The molecule has 1 saturated heterocycles. The maximum absolute atomic E-state index is 12.3. The lowest BCUT2D eigenvalue weighted by molar-refractivity contribution is -0.141. The van der Waals surface area contributed by atoms with Crippen molar-refractivity contribution in [2.45, 2.75) is 44.9 Å². The lowest BCUT2D eigenvalue weighted by Crippen LogP contribution is -2.37. The van der Waals surface area contributed by atoms with Crippen molar-refractivity contribution in [2.24, 2.45) is 0 Å². The second kappa shape index (κ2) is 7.35. The molecule has 2 heterocycles. The Labute approximate surface area is 149 Å². The third-order valence-electron chi connectivity index (χ3n) is 4.58. The maximum Gasteiger partial charge on any atom is 0.254 e. The lowest BCUT2D eigenvalue weighted by Gasteiger charge is -2.13. The van der Waals surface area contributed by atoms with Crippen LogP contribution in [0.3, 0.4) is 0 Å². The molecule has 0 aromatic carbocycles. The van der Waals surface area contributed by atoms with E-state index in [-0.39, 0.29) is 37.1 Å². The van der Waals surface area contributed by atoms with Crippen LogP contribution in [0, 0.1) is 0 Å². The van der Waals surface area contributed by atoms with E-state index in [2.05, 4.69) is 10.6 Å². The van der Waals surface area contributed by atoms with Crippen molar-refractivity contribution >= 4 is 40.0 Å². The standard InChI is InChI=1S/C17H21N3O4S/c1-18-16(24)15-10-5-3-2-4-6-11(10)25-17(15)19-12(21)9-20-13(22)7-8-14(20)23/h2-9H2,1H3,(H,18,24)(H,19,21). The molecule has 0 spiro atoms. The molecule has 0 bridgehead atoms. The van der Waals surface area contributed by atoms with E-state index in [9.17, 15) is 19.2 Å². The van der Waals surface area contributed by atoms with Gasteiger partial charge in [0.1, 0.15) is 11.5 Å². The molecular formula is C17H21N3O4S. The van der Waals surface area contributed by atoms with Crippen LogP contribution in [0.4, 0.5) is 5.00 Å². The van der Waals surface area contributed by atoms with Gasteiger partial charge >= 0.3 is 0 Å². The van der Waals surface area contributed by atoms with Crippen LogP contribution in [0.25, 0.3) is 0 Å². The Morgan fingerprint density at radius 2 is 1.72 bits per heavy atom. The average molecular weight is 363 g/mol. The Hall–Kier alpha value is -2.22. The fourth-order valence-corrected chi connectivity index (χ4v) is 4.61. The molecule has 2 aliphatic rings. The topological polar surface area (TPSA) is 95.6 Å². The predicted octanol–water partition coefficient (Wildman–Crippen LogP) is 1.46. The minimum atomic E-state index is -0.454. The summed E-state index contributed by atoms with van der Waals surface area (Å²) in [7, 11) is 1.57. The summed E-state index contributed by atoms with van der Waals surface area (Å²) in [6, 6.07) is 0. The molecule has 1 aliphatic carbocycles. The van der Waals surface area contributed by atoms with Gasteiger partial charge in [-0.1, -0.05) is 6.42 Å². The molecule has 1 aliphatic heterocycles. The average Bonchev–Trinajstić information content (AvgIpc) is 2.97. The van der Waals surface area contributed by atoms with Gasteiger partial charge in [0.15, 0.2) is 0 Å². The molecule has 0 saturated carbocycles. The summed E-state index contributed by atoms with van der Waals surface area (Å²) in [6.07, 6.45) is 5.28. The van der Waals surface area contributed by atoms with E-state index in [1.807, 2.05) is 0 Å². The smallest absolute Gasteiger partial charge is 0.254 e. The lowest BCUT2D eigenvalue weighted by atomic mass is 10.0. The SMILES string of the molecule is CNC(=O)c1c(NC(=O)CN2C(=O)CCC2=O)sc2c1CCCCC2. The third-order valence-corrected chi connectivity index (χ3v) is 5.79. The molecule has 0 radical (unpaired) electrons. The van der Waals surface area contributed by atoms with Crippen LogP contribution in [-0.4, -0.2) is 42.1 Å². The van der Waals surface area contributed by atoms with Gasteiger partial charge in [-0.2, -0.15) is 0 Å². The highest BCUT2D eigenvalue weighted by Gasteiger charge is 2.31. The van der Waals surface area contributed by atoms with E-state index in [1.165, 1.54) is 11.3 Å². The summed E-state index contributed by atoms with van der Waals surface area (Å²) in [4.78, 5) is 50.1. The number of nitrogens with zero attached hydrogens (tertiary/aromatic N) is 1. The normalized spacial score (nSPS) is 17.2. The molecule has 1 aromatic rings. The molecule has 1 fully saturated rings. The Kier molecular flexibility index (Phi) is 5.17. The first-order chi connectivity index (χ1) is 12.0. The number of carbonyl (C=O) groups is 4. The highest BCUT2D eigenvalue weighted by atomic mass is 32.1. The summed E-state index contributed by atoms with van der Waals surface area (Å²) in [5.74, 6) is -1.32. The molecular weight excluding hydrogens is 342 g/mol. The number of thiophene rings is 1.